The molecule has 0 radical (unpaired) electrons. The number of oxazole rings is 1. The van der Waals surface area contributed by atoms with Gasteiger partial charge in [-0.25, -0.2) is 4.98 Å². The SMILES string of the molecule is Cc1cccc2oc(CCC3CCCN3)nc12. The van der Waals surface area contributed by atoms with Crippen LogP contribution < -0.4 is 5.32 Å². The molecule has 3 heteroatoms. The fourth-order valence-electron chi connectivity index (χ4n) is 2.54. The van der Waals surface area contributed by atoms with Crippen molar-refractivity contribution in [3.8, 4) is 0 Å². The van der Waals surface area contributed by atoms with Crippen LogP contribution >= 0.6 is 0 Å². The van der Waals surface area contributed by atoms with Gasteiger partial charge in [0.25, 0.3) is 0 Å². The van der Waals surface area contributed by atoms with Gasteiger partial charge < -0.3 is 9.73 Å². The van der Waals surface area contributed by atoms with Gasteiger partial charge in [-0.05, 0) is 44.4 Å². The number of aromatic nitrogens is 1. The molecule has 0 saturated carbocycles. The van der Waals surface area contributed by atoms with Crippen LogP contribution in [-0.4, -0.2) is 17.6 Å². The van der Waals surface area contributed by atoms with Gasteiger partial charge in [-0.2, -0.15) is 0 Å². The summed E-state index contributed by atoms with van der Waals surface area (Å²) in [6.45, 7) is 3.24. The quantitative estimate of drug-likeness (QED) is 0.881. The summed E-state index contributed by atoms with van der Waals surface area (Å²) < 4.78 is 5.77. The van der Waals surface area contributed by atoms with E-state index in [0.717, 1.165) is 36.4 Å². The number of nitrogens with zero attached hydrogens (tertiary/aromatic N) is 1. The predicted molar refractivity (Wildman–Crippen MR) is 68.1 cm³/mol. The summed E-state index contributed by atoms with van der Waals surface area (Å²) in [6, 6.07) is 6.75. The Morgan fingerprint density at radius 1 is 1.47 bits per heavy atom. The monoisotopic (exact) mass is 230 g/mol. The summed E-state index contributed by atoms with van der Waals surface area (Å²) >= 11 is 0. The minimum absolute atomic E-state index is 0.658. The summed E-state index contributed by atoms with van der Waals surface area (Å²) in [5.41, 5.74) is 3.12. The zero-order chi connectivity index (χ0) is 11.7. The van der Waals surface area contributed by atoms with Crippen LogP contribution in [0.15, 0.2) is 22.6 Å². The van der Waals surface area contributed by atoms with E-state index in [2.05, 4.69) is 23.3 Å². The van der Waals surface area contributed by atoms with Gasteiger partial charge in [-0.1, -0.05) is 12.1 Å². The Labute approximate surface area is 101 Å². The zero-order valence-corrected chi connectivity index (χ0v) is 10.2. The lowest BCUT2D eigenvalue weighted by Gasteiger charge is -2.06. The lowest BCUT2D eigenvalue weighted by Crippen LogP contribution is -2.21. The summed E-state index contributed by atoms with van der Waals surface area (Å²) in [6.07, 6.45) is 4.66. The number of fused-ring (bicyclic) bond motifs is 1. The number of rotatable bonds is 3. The second-order valence-electron chi connectivity index (χ2n) is 4.86. The molecule has 1 N–H and O–H groups in total. The lowest BCUT2D eigenvalue weighted by molar-refractivity contribution is 0.481. The van der Waals surface area contributed by atoms with Crippen molar-refractivity contribution in [3.05, 3.63) is 29.7 Å². The standard InChI is InChI=1S/C14H18N2O/c1-10-4-2-6-12-14(10)16-13(17-12)8-7-11-5-3-9-15-11/h2,4,6,11,15H,3,5,7-9H2,1H3. The van der Waals surface area contributed by atoms with Gasteiger partial charge in [-0.15, -0.1) is 0 Å². The lowest BCUT2D eigenvalue weighted by atomic mass is 10.1. The second-order valence-corrected chi connectivity index (χ2v) is 4.86. The van der Waals surface area contributed by atoms with Crippen molar-refractivity contribution in [3.63, 3.8) is 0 Å². The molecule has 1 aliphatic rings. The van der Waals surface area contributed by atoms with Gasteiger partial charge in [0, 0.05) is 12.5 Å². The van der Waals surface area contributed by atoms with Crippen LogP contribution in [0.2, 0.25) is 0 Å². The minimum atomic E-state index is 0.658. The third-order valence-electron chi connectivity index (χ3n) is 3.53. The molecule has 90 valence electrons. The van der Waals surface area contributed by atoms with Crippen molar-refractivity contribution in [2.75, 3.05) is 6.54 Å². The molecule has 1 unspecified atom stereocenters. The van der Waals surface area contributed by atoms with E-state index in [-0.39, 0.29) is 0 Å². The maximum Gasteiger partial charge on any atom is 0.195 e. The molecule has 2 aromatic rings. The Hall–Kier alpha value is -1.35. The molecular weight excluding hydrogens is 212 g/mol. The molecule has 0 bridgehead atoms. The van der Waals surface area contributed by atoms with E-state index < -0.39 is 0 Å². The molecular formula is C14H18N2O. The van der Waals surface area contributed by atoms with Crippen molar-refractivity contribution in [1.29, 1.82) is 0 Å². The third kappa shape index (κ3) is 2.20. The first-order chi connectivity index (χ1) is 8.33. The van der Waals surface area contributed by atoms with Gasteiger partial charge in [0.15, 0.2) is 11.5 Å². The number of hydrogen-bond donors (Lipinski definition) is 1. The number of aryl methyl sites for hydroxylation is 2. The Morgan fingerprint density at radius 3 is 3.18 bits per heavy atom. The predicted octanol–water partition coefficient (Wildman–Crippen LogP) is 2.82. The van der Waals surface area contributed by atoms with E-state index in [1.54, 1.807) is 0 Å². The van der Waals surface area contributed by atoms with Crippen molar-refractivity contribution in [1.82, 2.24) is 10.3 Å². The van der Waals surface area contributed by atoms with Crippen molar-refractivity contribution in [2.24, 2.45) is 0 Å². The molecule has 0 spiro atoms. The van der Waals surface area contributed by atoms with Crippen LogP contribution in [0.3, 0.4) is 0 Å². The first kappa shape index (κ1) is 10.8. The molecule has 3 rings (SSSR count). The van der Waals surface area contributed by atoms with Gasteiger partial charge in [0.1, 0.15) is 5.52 Å². The maximum atomic E-state index is 5.77. The first-order valence-electron chi connectivity index (χ1n) is 6.41. The number of benzene rings is 1. The van der Waals surface area contributed by atoms with Crippen LogP contribution in [0.1, 0.15) is 30.7 Å². The summed E-state index contributed by atoms with van der Waals surface area (Å²) in [7, 11) is 0. The summed E-state index contributed by atoms with van der Waals surface area (Å²) in [5.74, 6) is 0.878. The average molecular weight is 230 g/mol. The molecule has 0 amide bonds. The molecule has 0 aliphatic carbocycles. The molecule has 1 fully saturated rings. The average Bonchev–Trinajstić information content (AvgIpc) is 2.95. The van der Waals surface area contributed by atoms with E-state index in [4.69, 9.17) is 4.42 Å². The highest BCUT2D eigenvalue weighted by atomic mass is 16.3. The smallest absolute Gasteiger partial charge is 0.195 e. The van der Waals surface area contributed by atoms with Gasteiger partial charge in [0.2, 0.25) is 0 Å². The van der Waals surface area contributed by atoms with E-state index >= 15 is 0 Å². The summed E-state index contributed by atoms with van der Waals surface area (Å²) in [4.78, 5) is 4.58. The maximum absolute atomic E-state index is 5.77. The zero-order valence-electron chi connectivity index (χ0n) is 10.2. The topological polar surface area (TPSA) is 38.1 Å². The van der Waals surface area contributed by atoms with E-state index in [1.165, 1.54) is 18.4 Å². The number of hydrogen-bond acceptors (Lipinski definition) is 3. The van der Waals surface area contributed by atoms with Crippen LogP contribution in [0.5, 0.6) is 0 Å². The molecule has 1 atom stereocenters. The van der Waals surface area contributed by atoms with Crippen molar-refractivity contribution >= 4 is 11.1 Å². The van der Waals surface area contributed by atoms with Crippen molar-refractivity contribution < 1.29 is 4.42 Å². The van der Waals surface area contributed by atoms with Crippen LogP contribution in [-0.2, 0) is 6.42 Å². The van der Waals surface area contributed by atoms with Crippen LogP contribution in [0.4, 0.5) is 0 Å². The normalized spacial score (nSPS) is 20.2. The Kier molecular flexibility index (Phi) is 2.85. The highest BCUT2D eigenvalue weighted by Crippen LogP contribution is 2.20. The van der Waals surface area contributed by atoms with Gasteiger partial charge in [-0.3, -0.25) is 0 Å². The van der Waals surface area contributed by atoms with Crippen LogP contribution in [0.25, 0.3) is 11.1 Å². The number of para-hydroxylation sites is 1. The van der Waals surface area contributed by atoms with Crippen LogP contribution in [0, 0.1) is 6.92 Å². The highest BCUT2D eigenvalue weighted by Gasteiger charge is 2.15. The van der Waals surface area contributed by atoms with E-state index in [1.807, 2.05) is 12.1 Å². The summed E-state index contributed by atoms with van der Waals surface area (Å²) in [5, 5.41) is 3.50. The fraction of sp³-hybridized carbons (Fsp3) is 0.500. The highest BCUT2D eigenvalue weighted by molar-refractivity contribution is 5.76. The Bertz CT molecular complexity index is 512. The second kappa shape index (κ2) is 4.49. The molecule has 1 aliphatic heterocycles. The molecule has 17 heavy (non-hydrogen) atoms. The number of nitrogens with one attached hydrogen (secondary N) is 1. The van der Waals surface area contributed by atoms with Crippen molar-refractivity contribution in [2.45, 2.75) is 38.6 Å². The minimum Gasteiger partial charge on any atom is -0.441 e. The largest absolute Gasteiger partial charge is 0.441 e. The van der Waals surface area contributed by atoms with E-state index in [9.17, 15) is 0 Å². The molecule has 3 nitrogen and oxygen atoms in total. The first-order valence-corrected chi connectivity index (χ1v) is 6.41. The fourth-order valence-corrected chi connectivity index (χ4v) is 2.54. The molecule has 1 saturated heterocycles. The van der Waals surface area contributed by atoms with Gasteiger partial charge >= 0.3 is 0 Å². The molecule has 2 heterocycles. The van der Waals surface area contributed by atoms with E-state index in [0.29, 0.717) is 6.04 Å². The Balaban J connectivity index is 1.74. The Morgan fingerprint density at radius 2 is 2.41 bits per heavy atom. The molecule has 1 aromatic heterocycles. The molecule has 1 aromatic carbocycles. The van der Waals surface area contributed by atoms with Gasteiger partial charge in [0.05, 0.1) is 0 Å². The third-order valence-corrected chi connectivity index (χ3v) is 3.53.